The highest BCUT2D eigenvalue weighted by atomic mass is 127. The Balaban J connectivity index is 0.00000341. The standard InChI is InChI=1S/C25H29N3O2.HI/c1-19(2)30-24-14-12-23(13-15-24)28-25(26)27-16-20-8-10-22(11-9-20)18-29-17-21-6-4-3-5-7-21;/h3-15,19H,16-18H2,1-2H3,(H3,26,27,28);1H. The second-order valence-electron chi connectivity index (χ2n) is 7.31. The molecule has 0 radical (unpaired) electrons. The lowest BCUT2D eigenvalue weighted by Gasteiger charge is -2.11. The predicted molar refractivity (Wildman–Crippen MR) is 138 cm³/mol. The first-order chi connectivity index (χ1) is 14.6. The van der Waals surface area contributed by atoms with Crippen molar-refractivity contribution in [3.05, 3.63) is 95.6 Å². The molecule has 5 nitrogen and oxygen atoms in total. The number of nitrogens with two attached hydrogens (primary N) is 1. The van der Waals surface area contributed by atoms with E-state index in [2.05, 4.69) is 46.7 Å². The summed E-state index contributed by atoms with van der Waals surface area (Å²) in [4.78, 5) is 4.41. The molecule has 0 bridgehead atoms. The molecular weight excluding hydrogens is 501 g/mol. The first kappa shape index (κ1) is 24.7. The molecule has 0 aliphatic rings. The van der Waals surface area contributed by atoms with E-state index in [0.717, 1.165) is 22.6 Å². The molecule has 0 aliphatic heterocycles. The van der Waals surface area contributed by atoms with Crippen LogP contribution in [0.4, 0.5) is 5.69 Å². The van der Waals surface area contributed by atoms with Crippen LogP contribution in [0.25, 0.3) is 0 Å². The Kier molecular flexibility index (Phi) is 10.3. The van der Waals surface area contributed by atoms with Gasteiger partial charge in [-0.25, -0.2) is 4.99 Å². The maximum atomic E-state index is 6.01. The molecule has 3 N–H and O–H groups in total. The van der Waals surface area contributed by atoms with Gasteiger partial charge in [-0.1, -0.05) is 54.6 Å². The molecule has 0 spiro atoms. The second-order valence-corrected chi connectivity index (χ2v) is 7.31. The number of ether oxygens (including phenoxy) is 2. The molecule has 0 atom stereocenters. The average Bonchev–Trinajstić information content (AvgIpc) is 2.75. The van der Waals surface area contributed by atoms with Crippen LogP contribution in [0.1, 0.15) is 30.5 Å². The number of benzene rings is 3. The van der Waals surface area contributed by atoms with Gasteiger partial charge in [-0.15, -0.1) is 24.0 Å². The van der Waals surface area contributed by atoms with E-state index >= 15 is 0 Å². The van der Waals surface area contributed by atoms with Gasteiger partial charge in [0.05, 0.1) is 25.9 Å². The number of nitrogens with one attached hydrogen (secondary N) is 1. The molecule has 0 aliphatic carbocycles. The Bertz CT molecular complexity index is 927. The van der Waals surface area contributed by atoms with Crippen LogP contribution in [0.15, 0.2) is 83.9 Å². The molecule has 0 saturated heterocycles. The monoisotopic (exact) mass is 531 g/mol. The lowest BCUT2D eigenvalue weighted by molar-refractivity contribution is 0.107. The van der Waals surface area contributed by atoms with Crippen LogP contribution in [0, 0.1) is 0 Å². The molecule has 0 aromatic heterocycles. The maximum absolute atomic E-state index is 6.01. The SMILES string of the molecule is CC(C)Oc1ccc(NC(N)=NCc2ccc(COCc3ccccc3)cc2)cc1.I. The summed E-state index contributed by atoms with van der Waals surface area (Å²) in [6.07, 6.45) is 0.150. The zero-order valence-corrected chi connectivity index (χ0v) is 20.3. The zero-order valence-electron chi connectivity index (χ0n) is 18.0. The second kappa shape index (κ2) is 13.0. The number of nitrogens with zero attached hydrogens (tertiary/aromatic N) is 1. The third-order valence-electron chi connectivity index (χ3n) is 4.33. The molecule has 0 fully saturated rings. The molecule has 0 amide bonds. The van der Waals surface area contributed by atoms with E-state index in [0.29, 0.717) is 25.7 Å². The average molecular weight is 531 g/mol. The smallest absolute Gasteiger partial charge is 0.193 e. The van der Waals surface area contributed by atoms with Gasteiger partial charge in [0.15, 0.2) is 5.96 Å². The largest absolute Gasteiger partial charge is 0.491 e. The fourth-order valence-electron chi connectivity index (χ4n) is 2.85. The van der Waals surface area contributed by atoms with Crippen molar-refractivity contribution in [2.24, 2.45) is 10.7 Å². The molecular formula is C25H30IN3O2. The highest BCUT2D eigenvalue weighted by Crippen LogP contribution is 2.17. The fraction of sp³-hybridized carbons (Fsp3) is 0.240. The Morgan fingerprint density at radius 3 is 2.03 bits per heavy atom. The van der Waals surface area contributed by atoms with Crippen LogP contribution in [-0.4, -0.2) is 12.1 Å². The van der Waals surface area contributed by atoms with Crippen molar-refractivity contribution in [1.29, 1.82) is 0 Å². The van der Waals surface area contributed by atoms with E-state index in [1.165, 1.54) is 5.56 Å². The van der Waals surface area contributed by atoms with Gasteiger partial charge in [0.1, 0.15) is 5.75 Å². The van der Waals surface area contributed by atoms with Crippen molar-refractivity contribution in [1.82, 2.24) is 0 Å². The highest BCUT2D eigenvalue weighted by Gasteiger charge is 2.00. The molecule has 3 aromatic carbocycles. The molecule has 3 aromatic rings. The van der Waals surface area contributed by atoms with E-state index in [-0.39, 0.29) is 30.1 Å². The topological polar surface area (TPSA) is 68.9 Å². The predicted octanol–water partition coefficient (Wildman–Crippen LogP) is 5.74. The van der Waals surface area contributed by atoms with Crippen molar-refractivity contribution in [3.8, 4) is 5.75 Å². The Labute approximate surface area is 201 Å². The van der Waals surface area contributed by atoms with Crippen molar-refractivity contribution in [3.63, 3.8) is 0 Å². The highest BCUT2D eigenvalue weighted by molar-refractivity contribution is 14.0. The summed E-state index contributed by atoms with van der Waals surface area (Å²) >= 11 is 0. The van der Waals surface area contributed by atoms with E-state index in [1.807, 2.05) is 56.3 Å². The van der Waals surface area contributed by atoms with Crippen LogP contribution in [0.2, 0.25) is 0 Å². The number of hydrogen-bond donors (Lipinski definition) is 2. The molecule has 6 heteroatoms. The van der Waals surface area contributed by atoms with Gasteiger partial charge in [-0.05, 0) is 54.8 Å². The minimum Gasteiger partial charge on any atom is -0.491 e. The van der Waals surface area contributed by atoms with Gasteiger partial charge in [0, 0.05) is 5.69 Å². The van der Waals surface area contributed by atoms with Crippen molar-refractivity contribution >= 4 is 35.6 Å². The Morgan fingerprint density at radius 2 is 1.42 bits per heavy atom. The summed E-state index contributed by atoms with van der Waals surface area (Å²) in [6.45, 7) is 5.71. The Hall–Kier alpha value is -2.58. The quantitative estimate of drug-likeness (QED) is 0.210. The minimum atomic E-state index is 0. The summed E-state index contributed by atoms with van der Waals surface area (Å²) in [7, 11) is 0. The first-order valence-corrected chi connectivity index (χ1v) is 10.1. The van der Waals surface area contributed by atoms with Crippen LogP contribution >= 0.6 is 24.0 Å². The lowest BCUT2D eigenvalue weighted by atomic mass is 10.1. The minimum absolute atomic E-state index is 0. The number of rotatable bonds is 9. The molecule has 0 unspecified atom stereocenters. The van der Waals surface area contributed by atoms with E-state index < -0.39 is 0 Å². The third-order valence-corrected chi connectivity index (χ3v) is 4.33. The Morgan fingerprint density at radius 1 is 0.839 bits per heavy atom. The van der Waals surface area contributed by atoms with Gasteiger partial charge in [0.25, 0.3) is 0 Å². The number of anilines is 1. The van der Waals surface area contributed by atoms with E-state index in [1.54, 1.807) is 0 Å². The van der Waals surface area contributed by atoms with Gasteiger partial charge in [-0.3, -0.25) is 0 Å². The molecule has 0 saturated carbocycles. The van der Waals surface area contributed by atoms with Gasteiger partial charge >= 0.3 is 0 Å². The van der Waals surface area contributed by atoms with Crippen molar-refractivity contribution in [2.45, 2.75) is 39.7 Å². The third kappa shape index (κ3) is 8.98. The van der Waals surface area contributed by atoms with Gasteiger partial charge in [-0.2, -0.15) is 0 Å². The summed E-state index contributed by atoms with van der Waals surface area (Å²) < 4.78 is 11.4. The molecule has 164 valence electrons. The van der Waals surface area contributed by atoms with Crippen LogP contribution < -0.4 is 15.8 Å². The summed E-state index contributed by atoms with van der Waals surface area (Å²) in [6, 6.07) is 26.1. The fourth-order valence-corrected chi connectivity index (χ4v) is 2.85. The van der Waals surface area contributed by atoms with Crippen LogP contribution in [0.3, 0.4) is 0 Å². The molecule has 31 heavy (non-hydrogen) atoms. The van der Waals surface area contributed by atoms with E-state index in [4.69, 9.17) is 15.2 Å². The zero-order chi connectivity index (χ0) is 21.2. The van der Waals surface area contributed by atoms with Gasteiger partial charge < -0.3 is 20.5 Å². The normalized spacial score (nSPS) is 11.1. The number of aliphatic imine (C=N–C) groups is 1. The molecule has 0 heterocycles. The maximum Gasteiger partial charge on any atom is 0.193 e. The van der Waals surface area contributed by atoms with Gasteiger partial charge in [0.2, 0.25) is 0 Å². The van der Waals surface area contributed by atoms with E-state index in [9.17, 15) is 0 Å². The first-order valence-electron chi connectivity index (χ1n) is 10.1. The number of hydrogen-bond acceptors (Lipinski definition) is 3. The number of guanidine groups is 1. The molecule has 3 rings (SSSR count). The van der Waals surface area contributed by atoms with Crippen LogP contribution in [-0.2, 0) is 24.5 Å². The van der Waals surface area contributed by atoms with Crippen molar-refractivity contribution < 1.29 is 9.47 Å². The summed E-state index contributed by atoms with van der Waals surface area (Å²) in [5, 5.41) is 3.10. The van der Waals surface area contributed by atoms with Crippen LogP contribution in [0.5, 0.6) is 5.75 Å². The summed E-state index contributed by atoms with van der Waals surface area (Å²) in [5.74, 6) is 1.21. The van der Waals surface area contributed by atoms with Crippen molar-refractivity contribution in [2.75, 3.05) is 5.32 Å². The lowest BCUT2D eigenvalue weighted by Crippen LogP contribution is -2.22. The summed E-state index contributed by atoms with van der Waals surface area (Å²) in [5.41, 5.74) is 10.3. The number of halogens is 1.